The third kappa shape index (κ3) is 4.26. The van der Waals surface area contributed by atoms with E-state index < -0.39 is 6.09 Å². The molecule has 4 heteroatoms. The fourth-order valence-corrected chi connectivity index (χ4v) is 1.37. The molecule has 92 valence electrons. The molecule has 0 spiro atoms. The van der Waals surface area contributed by atoms with E-state index >= 15 is 0 Å². The number of hydrazone groups is 1. The van der Waals surface area contributed by atoms with Gasteiger partial charge in [-0.3, -0.25) is 0 Å². The zero-order chi connectivity index (χ0) is 12.7. The lowest BCUT2D eigenvalue weighted by Gasteiger charge is -2.05. The van der Waals surface area contributed by atoms with Crippen LogP contribution in [0.2, 0.25) is 0 Å². The van der Waals surface area contributed by atoms with Crippen LogP contribution in [0.3, 0.4) is 0 Å². The summed E-state index contributed by atoms with van der Waals surface area (Å²) in [5.41, 5.74) is 5.41. The number of amides is 1. The molecule has 1 aromatic carbocycles. The molecule has 4 nitrogen and oxygen atoms in total. The highest BCUT2D eigenvalue weighted by Crippen LogP contribution is 2.06. The molecule has 1 amide bonds. The molecule has 17 heavy (non-hydrogen) atoms. The minimum Gasteiger partial charge on any atom is -0.449 e. The van der Waals surface area contributed by atoms with Crippen LogP contribution in [0.15, 0.2) is 29.4 Å². The average Bonchev–Trinajstić information content (AvgIpc) is 2.32. The van der Waals surface area contributed by atoms with Crippen LogP contribution >= 0.6 is 0 Å². The van der Waals surface area contributed by atoms with Crippen molar-refractivity contribution < 1.29 is 9.53 Å². The van der Waals surface area contributed by atoms with E-state index in [0.717, 1.165) is 17.7 Å². The summed E-state index contributed by atoms with van der Waals surface area (Å²) in [6, 6.07) is 8.02. The Bertz CT molecular complexity index is 396. The zero-order valence-corrected chi connectivity index (χ0v) is 10.5. The summed E-state index contributed by atoms with van der Waals surface area (Å²) in [7, 11) is 0. The molecule has 0 aliphatic carbocycles. The van der Waals surface area contributed by atoms with E-state index in [1.807, 2.05) is 38.1 Å². The summed E-state index contributed by atoms with van der Waals surface area (Å²) in [5.74, 6) is 0. The number of aryl methyl sites for hydroxylation is 1. The van der Waals surface area contributed by atoms with Crippen LogP contribution < -0.4 is 5.43 Å². The number of carbonyl (C=O) groups is 1. The largest absolute Gasteiger partial charge is 0.449 e. The molecule has 0 saturated heterocycles. The van der Waals surface area contributed by atoms with E-state index in [-0.39, 0.29) is 0 Å². The second-order valence-corrected chi connectivity index (χ2v) is 3.61. The van der Waals surface area contributed by atoms with Gasteiger partial charge in [0.25, 0.3) is 0 Å². The van der Waals surface area contributed by atoms with Gasteiger partial charge < -0.3 is 4.74 Å². The molecule has 0 aromatic heterocycles. The summed E-state index contributed by atoms with van der Waals surface area (Å²) < 4.78 is 4.73. The van der Waals surface area contributed by atoms with E-state index in [0.29, 0.717) is 6.61 Å². The van der Waals surface area contributed by atoms with Crippen LogP contribution in [0.25, 0.3) is 0 Å². The Kier molecular flexibility index (Phi) is 5.20. The molecule has 0 aliphatic rings. The van der Waals surface area contributed by atoms with Crippen molar-refractivity contribution in [2.24, 2.45) is 5.10 Å². The molecule has 1 rings (SSSR count). The van der Waals surface area contributed by atoms with Gasteiger partial charge in [-0.2, -0.15) is 5.10 Å². The lowest BCUT2D eigenvalue weighted by atomic mass is 10.1. The third-order valence-corrected chi connectivity index (χ3v) is 2.28. The van der Waals surface area contributed by atoms with Gasteiger partial charge >= 0.3 is 6.09 Å². The van der Waals surface area contributed by atoms with Gasteiger partial charge in [-0.15, -0.1) is 0 Å². The first-order valence-electron chi connectivity index (χ1n) is 5.73. The fourth-order valence-electron chi connectivity index (χ4n) is 1.37. The van der Waals surface area contributed by atoms with E-state index in [1.165, 1.54) is 5.56 Å². The van der Waals surface area contributed by atoms with Crippen molar-refractivity contribution in [3.63, 3.8) is 0 Å². The molecule has 0 heterocycles. The Labute approximate surface area is 102 Å². The molecule has 0 unspecified atom stereocenters. The van der Waals surface area contributed by atoms with Crippen LogP contribution in [0.1, 0.15) is 31.4 Å². The van der Waals surface area contributed by atoms with Crippen molar-refractivity contribution in [2.75, 3.05) is 6.61 Å². The van der Waals surface area contributed by atoms with Gasteiger partial charge in [0.15, 0.2) is 0 Å². The quantitative estimate of drug-likeness (QED) is 0.643. The number of nitrogens with one attached hydrogen (secondary N) is 1. The molecule has 1 N–H and O–H groups in total. The SMILES string of the molecule is CCOC(=O)N/N=C(/CC)c1ccc(C)cc1. The van der Waals surface area contributed by atoms with Crippen molar-refractivity contribution in [1.29, 1.82) is 0 Å². The summed E-state index contributed by atoms with van der Waals surface area (Å²) >= 11 is 0. The summed E-state index contributed by atoms with van der Waals surface area (Å²) in [4.78, 5) is 11.1. The first-order chi connectivity index (χ1) is 8.17. The minimum atomic E-state index is -0.523. The smallest absolute Gasteiger partial charge is 0.427 e. The molecule has 0 bridgehead atoms. The number of hydrogen-bond acceptors (Lipinski definition) is 3. The number of benzene rings is 1. The number of carbonyl (C=O) groups excluding carboxylic acids is 1. The third-order valence-electron chi connectivity index (χ3n) is 2.28. The molecule has 1 aromatic rings. The van der Waals surface area contributed by atoms with E-state index in [4.69, 9.17) is 4.74 Å². The molecular formula is C13H18N2O2. The summed E-state index contributed by atoms with van der Waals surface area (Å²) in [6.07, 6.45) is 0.223. The lowest BCUT2D eigenvalue weighted by molar-refractivity contribution is 0.152. The summed E-state index contributed by atoms with van der Waals surface area (Å²) in [5, 5.41) is 4.05. The molecular weight excluding hydrogens is 216 g/mol. The fraction of sp³-hybridized carbons (Fsp3) is 0.385. The predicted octanol–water partition coefficient (Wildman–Crippen LogP) is 2.86. The Hall–Kier alpha value is -1.84. The van der Waals surface area contributed by atoms with E-state index in [1.54, 1.807) is 6.92 Å². The Morgan fingerprint density at radius 2 is 1.94 bits per heavy atom. The first kappa shape index (κ1) is 13.2. The molecule has 0 radical (unpaired) electrons. The highest BCUT2D eigenvalue weighted by Gasteiger charge is 2.03. The summed E-state index contributed by atoms with van der Waals surface area (Å²) in [6.45, 7) is 6.12. The van der Waals surface area contributed by atoms with Gasteiger partial charge in [0.2, 0.25) is 0 Å². The van der Waals surface area contributed by atoms with E-state index in [9.17, 15) is 4.79 Å². The zero-order valence-electron chi connectivity index (χ0n) is 10.5. The highest BCUT2D eigenvalue weighted by atomic mass is 16.5. The van der Waals surface area contributed by atoms with Gasteiger partial charge in [0.1, 0.15) is 0 Å². The maximum Gasteiger partial charge on any atom is 0.427 e. The van der Waals surface area contributed by atoms with Crippen molar-refractivity contribution in [2.45, 2.75) is 27.2 Å². The van der Waals surface area contributed by atoms with Gasteiger partial charge in [-0.1, -0.05) is 36.8 Å². The maximum absolute atomic E-state index is 11.1. The second kappa shape index (κ2) is 6.68. The van der Waals surface area contributed by atoms with Crippen LogP contribution in [0.4, 0.5) is 4.79 Å². The Balaban J connectivity index is 2.73. The molecule has 0 saturated carbocycles. The van der Waals surface area contributed by atoms with Crippen LogP contribution in [0.5, 0.6) is 0 Å². The molecule has 0 fully saturated rings. The van der Waals surface area contributed by atoms with E-state index in [2.05, 4.69) is 10.5 Å². The number of hydrogen-bond donors (Lipinski definition) is 1. The van der Waals surface area contributed by atoms with Crippen LogP contribution in [-0.4, -0.2) is 18.4 Å². The van der Waals surface area contributed by atoms with Crippen molar-refractivity contribution in [1.82, 2.24) is 5.43 Å². The first-order valence-corrected chi connectivity index (χ1v) is 5.73. The van der Waals surface area contributed by atoms with Crippen molar-refractivity contribution in [3.8, 4) is 0 Å². The standard InChI is InChI=1S/C13H18N2O2/c1-4-12(14-15-13(16)17-5-2)11-8-6-10(3)7-9-11/h6-9H,4-5H2,1-3H3,(H,15,16)/b14-12-. The van der Waals surface area contributed by atoms with Gasteiger partial charge in [-0.25, -0.2) is 10.2 Å². The topological polar surface area (TPSA) is 50.7 Å². The molecule has 0 aliphatic heterocycles. The maximum atomic E-state index is 11.1. The van der Waals surface area contributed by atoms with Crippen LogP contribution in [-0.2, 0) is 4.74 Å². The number of ether oxygens (including phenoxy) is 1. The normalized spacial score (nSPS) is 11.1. The second-order valence-electron chi connectivity index (χ2n) is 3.61. The highest BCUT2D eigenvalue weighted by molar-refractivity contribution is 6.00. The predicted molar refractivity (Wildman–Crippen MR) is 68.2 cm³/mol. The van der Waals surface area contributed by atoms with Gasteiger partial charge in [0.05, 0.1) is 12.3 Å². The van der Waals surface area contributed by atoms with Gasteiger partial charge in [-0.05, 0) is 25.8 Å². The average molecular weight is 234 g/mol. The Morgan fingerprint density at radius 3 is 2.47 bits per heavy atom. The van der Waals surface area contributed by atoms with Crippen LogP contribution in [0, 0.1) is 6.92 Å². The van der Waals surface area contributed by atoms with Gasteiger partial charge in [0, 0.05) is 0 Å². The number of rotatable bonds is 4. The number of nitrogens with zero attached hydrogens (tertiary/aromatic N) is 1. The van der Waals surface area contributed by atoms with Crippen molar-refractivity contribution >= 4 is 11.8 Å². The minimum absolute atomic E-state index is 0.341. The lowest BCUT2D eigenvalue weighted by Crippen LogP contribution is -2.20. The Morgan fingerprint density at radius 1 is 1.29 bits per heavy atom. The van der Waals surface area contributed by atoms with Crippen molar-refractivity contribution in [3.05, 3.63) is 35.4 Å². The monoisotopic (exact) mass is 234 g/mol. The molecule has 0 atom stereocenters.